The number of hydrogen-bond donors (Lipinski definition) is 1. The molecule has 0 aliphatic rings. The van der Waals surface area contributed by atoms with E-state index in [9.17, 15) is 9.90 Å². The number of esters is 1. The van der Waals surface area contributed by atoms with Gasteiger partial charge in [0.1, 0.15) is 0 Å². The summed E-state index contributed by atoms with van der Waals surface area (Å²) in [4.78, 5) is 11.3. The number of rotatable bonds is 12. The molecule has 0 unspecified atom stereocenters. The molecule has 3 heteroatoms. The van der Waals surface area contributed by atoms with Crippen LogP contribution in [-0.2, 0) is 9.53 Å². The quantitative estimate of drug-likeness (QED) is 0.425. The van der Waals surface area contributed by atoms with Gasteiger partial charge in [-0.25, -0.2) is 4.79 Å². The minimum absolute atomic E-state index is 0.428. The number of carbonyl (C=O) groups is 1. The molecule has 0 aromatic heterocycles. The van der Waals surface area contributed by atoms with E-state index in [1.807, 2.05) is 0 Å². The second-order valence-electron chi connectivity index (χ2n) is 6.71. The third kappa shape index (κ3) is 12.5. The lowest BCUT2D eigenvalue weighted by Gasteiger charge is -2.15. The van der Waals surface area contributed by atoms with Crippen LogP contribution in [0.25, 0.3) is 0 Å². The first kappa shape index (κ1) is 19.4. The van der Waals surface area contributed by atoms with Crippen molar-refractivity contribution in [2.24, 2.45) is 5.92 Å². The van der Waals surface area contributed by atoms with E-state index in [4.69, 9.17) is 4.74 Å². The Balaban J connectivity index is 3.20. The summed E-state index contributed by atoms with van der Waals surface area (Å²) < 4.78 is 5.00. The molecule has 0 aliphatic heterocycles. The molecule has 0 fully saturated rings. The van der Waals surface area contributed by atoms with Gasteiger partial charge in [-0.3, -0.25) is 0 Å². The van der Waals surface area contributed by atoms with E-state index in [-0.39, 0.29) is 0 Å². The fourth-order valence-corrected chi connectivity index (χ4v) is 2.06. The Labute approximate surface area is 125 Å². The van der Waals surface area contributed by atoms with Crippen LogP contribution in [0.1, 0.15) is 85.5 Å². The summed E-state index contributed by atoms with van der Waals surface area (Å²) in [5, 5.41) is 9.39. The van der Waals surface area contributed by atoms with Gasteiger partial charge < -0.3 is 9.84 Å². The molecule has 0 spiro atoms. The third-order valence-corrected chi connectivity index (χ3v) is 3.41. The van der Waals surface area contributed by atoms with Crippen molar-refractivity contribution in [3.8, 4) is 0 Å². The Hall–Kier alpha value is -0.570. The summed E-state index contributed by atoms with van der Waals surface area (Å²) in [6, 6.07) is 0. The molecule has 1 N–H and O–H groups in total. The van der Waals surface area contributed by atoms with E-state index in [1.165, 1.54) is 58.8 Å². The smallest absolute Gasteiger partial charge is 0.337 e. The maximum absolute atomic E-state index is 11.3. The molecular weight excluding hydrogens is 252 g/mol. The predicted molar refractivity (Wildman–Crippen MR) is 83.6 cm³/mol. The number of ether oxygens (including phenoxy) is 1. The summed E-state index contributed by atoms with van der Waals surface area (Å²) in [6.45, 7) is 7.90. The lowest BCUT2D eigenvalue weighted by atomic mass is 10.0. The van der Waals surface area contributed by atoms with Gasteiger partial charge in [-0.05, 0) is 26.2 Å². The third-order valence-electron chi connectivity index (χ3n) is 3.41. The van der Waals surface area contributed by atoms with Gasteiger partial charge in [-0.15, -0.1) is 0 Å². The van der Waals surface area contributed by atoms with E-state index < -0.39 is 11.6 Å². The van der Waals surface area contributed by atoms with Gasteiger partial charge in [-0.1, -0.05) is 65.2 Å². The number of hydrogen-bond acceptors (Lipinski definition) is 3. The van der Waals surface area contributed by atoms with E-state index in [0.717, 1.165) is 18.8 Å². The summed E-state index contributed by atoms with van der Waals surface area (Å²) in [7, 11) is 0. The molecule has 120 valence electrons. The van der Waals surface area contributed by atoms with E-state index in [0.29, 0.717) is 6.61 Å². The molecule has 0 aromatic rings. The lowest BCUT2D eigenvalue weighted by molar-refractivity contribution is -0.161. The van der Waals surface area contributed by atoms with Gasteiger partial charge in [0.05, 0.1) is 6.61 Å². The monoisotopic (exact) mass is 286 g/mol. The summed E-state index contributed by atoms with van der Waals surface area (Å²) in [6.07, 6.45) is 11.2. The zero-order valence-electron chi connectivity index (χ0n) is 13.9. The molecule has 0 heterocycles. The standard InChI is InChI=1S/C17H34O3/c1-15(2)13-11-9-7-5-6-8-10-12-14-20-16(18)17(3,4)19/h15,19H,5-14H2,1-4H3. The Bertz CT molecular complexity index is 241. The molecule has 0 aliphatic carbocycles. The fourth-order valence-electron chi connectivity index (χ4n) is 2.06. The number of carbonyl (C=O) groups excluding carboxylic acids is 1. The molecule has 0 radical (unpaired) electrons. The molecule has 0 aromatic carbocycles. The van der Waals surface area contributed by atoms with E-state index in [1.54, 1.807) is 0 Å². The van der Waals surface area contributed by atoms with Crippen molar-refractivity contribution < 1.29 is 14.6 Å². The van der Waals surface area contributed by atoms with Crippen molar-refractivity contribution in [1.29, 1.82) is 0 Å². The van der Waals surface area contributed by atoms with Crippen LogP contribution in [0.4, 0.5) is 0 Å². The Morgan fingerprint density at radius 1 is 0.950 bits per heavy atom. The average molecular weight is 286 g/mol. The van der Waals surface area contributed by atoms with Gasteiger partial charge in [0.25, 0.3) is 0 Å². The van der Waals surface area contributed by atoms with Gasteiger partial charge in [-0.2, -0.15) is 0 Å². The first-order valence-corrected chi connectivity index (χ1v) is 8.23. The highest BCUT2D eigenvalue weighted by atomic mass is 16.5. The van der Waals surface area contributed by atoms with Crippen LogP contribution in [-0.4, -0.2) is 23.3 Å². The maximum Gasteiger partial charge on any atom is 0.337 e. The van der Waals surface area contributed by atoms with Crippen LogP contribution in [0, 0.1) is 5.92 Å². The Morgan fingerprint density at radius 3 is 1.85 bits per heavy atom. The van der Waals surface area contributed by atoms with E-state index >= 15 is 0 Å². The average Bonchev–Trinajstić information content (AvgIpc) is 2.34. The molecule has 0 saturated carbocycles. The molecule has 3 nitrogen and oxygen atoms in total. The fraction of sp³-hybridized carbons (Fsp3) is 0.941. The van der Waals surface area contributed by atoms with Crippen molar-refractivity contribution in [2.75, 3.05) is 6.61 Å². The summed E-state index contributed by atoms with van der Waals surface area (Å²) in [5.41, 5.74) is -1.37. The van der Waals surface area contributed by atoms with Crippen molar-refractivity contribution in [3.63, 3.8) is 0 Å². The molecule has 0 bridgehead atoms. The maximum atomic E-state index is 11.3. The zero-order chi connectivity index (χ0) is 15.4. The van der Waals surface area contributed by atoms with Gasteiger partial charge in [0.2, 0.25) is 0 Å². The first-order valence-electron chi connectivity index (χ1n) is 8.23. The Morgan fingerprint density at radius 2 is 1.40 bits per heavy atom. The van der Waals surface area contributed by atoms with Crippen LogP contribution in [0.2, 0.25) is 0 Å². The largest absolute Gasteiger partial charge is 0.464 e. The number of aliphatic hydroxyl groups is 1. The normalized spacial score (nSPS) is 11.9. The van der Waals surface area contributed by atoms with Crippen molar-refractivity contribution >= 4 is 5.97 Å². The zero-order valence-corrected chi connectivity index (χ0v) is 13.9. The molecule has 0 atom stereocenters. The molecule has 20 heavy (non-hydrogen) atoms. The van der Waals surface area contributed by atoms with Gasteiger partial charge in [0.15, 0.2) is 5.60 Å². The van der Waals surface area contributed by atoms with Crippen molar-refractivity contribution in [3.05, 3.63) is 0 Å². The highest BCUT2D eigenvalue weighted by Gasteiger charge is 2.25. The first-order chi connectivity index (χ1) is 9.34. The van der Waals surface area contributed by atoms with Crippen molar-refractivity contribution in [1.82, 2.24) is 0 Å². The minimum Gasteiger partial charge on any atom is -0.464 e. The summed E-state index contributed by atoms with van der Waals surface area (Å²) >= 11 is 0. The molecule has 0 amide bonds. The van der Waals surface area contributed by atoms with Crippen LogP contribution < -0.4 is 0 Å². The summed E-state index contributed by atoms with van der Waals surface area (Å²) in [5.74, 6) is 0.310. The molecule has 0 saturated heterocycles. The van der Waals surface area contributed by atoms with E-state index in [2.05, 4.69) is 13.8 Å². The highest BCUT2D eigenvalue weighted by molar-refractivity contribution is 5.78. The molecular formula is C17H34O3. The lowest BCUT2D eigenvalue weighted by Crippen LogP contribution is -2.33. The van der Waals surface area contributed by atoms with Crippen molar-refractivity contribution in [2.45, 2.75) is 91.1 Å². The SMILES string of the molecule is CC(C)CCCCCCCCCCOC(=O)C(C)(C)O. The van der Waals surface area contributed by atoms with Gasteiger partial charge in [0, 0.05) is 0 Å². The predicted octanol–water partition coefficient (Wildman–Crippen LogP) is 4.47. The second-order valence-corrected chi connectivity index (χ2v) is 6.71. The Kier molecular flexibility index (Phi) is 10.8. The highest BCUT2D eigenvalue weighted by Crippen LogP contribution is 2.12. The van der Waals surface area contributed by atoms with Crippen LogP contribution in [0.15, 0.2) is 0 Å². The van der Waals surface area contributed by atoms with Gasteiger partial charge >= 0.3 is 5.97 Å². The van der Waals surface area contributed by atoms with Crippen LogP contribution >= 0.6 is 0 Å². The van der Waals surface area contributed by atoms with Crippen LogP contribution in [0.5, 0.6) is 0 Å². The van der Waals surface area contributed by atoms with Crippen LogP contribution in [0.3, 0.4) is 0 Å². The topological polar surface area (TPSA) is 46.5 Å². The number of unbranched alkanes of at least 4 members (excludes halogenated alkanes) is 7. The minimum atomic E-state index is -1.37. The molecule has 0 rings (SSSR count). The second kappa shape index (κ2) is 11.1.